The molecule has 2 heterocycles. The summed E-state index contributed by atoms with van der Waals surface area (Å²) in [4.78, 5) is 8.75. The predicted molar refractivity (Wildman–Crippen MR) is 92.1 cm³/mol. The van der Waals surface area contributed by atoms with Crippen LogP contribution in [0.5, 0.6) is 11.5 Å². The number of hydrogen-bond donors (Lipinski definition) is 1. The number of nitrogens with zero attached hydrogens (tertiary/aromatic N) is 4. The molecule has 0 atom stereocenters. The van der Waals surface area contributed by atoms with Gasteiger partial charge in [0.15, 0.2) is 17.1 Å². The van der Waals surface area contributed by atoms with Gasteiger partial charge < -0.3 is 14.8 Å². The summed E-state index contributed by atoms with van der Waals surface area (Å²) in [6.45, 7) is 4.23. The zero-order chi connectivity index (χ0) is 17.3. The Morgan fingerprint density at radius 1 is 1.12 bits per heavy atom. The maximum Gasteiger partial charge on any atom is 0.227 e. The van der Waals surface area contributed by atoms with Crippen LogP contribution in [0.3, 0.4) is 0 Å². The Bertz CT molecular complexity index is 894. The number of aromatic nitrogens is 4. The standard InChI is InChI=1S/C16H18ClN5O2/c1-9-14(17)20-16(22-15(9)19-10(2)21-22)18-8-11-5-6-12(23-3)13(7-11)24-4/h5-7H,8H2,1-4H3,(H,18,20). The summed E-state index contributed by atoms with van der Waals surface area (Å²) in [6.07, 6.45) is 0. The highest BCUT2D eigenvalue weighted by Gasteiger charge is 2.13. The molecular weight excluding hydrogens is 330 g/mol. The van der Waals surface area contributed by atoms with E-state index in [2.05, 4.69) is 20.4 Å². The molecule has 0 unspecified atom stereocenters. The molecule has 0 amide bonds. The SMILES string of the molecule is COc1ccc(CNc2nc(Cl)c(C)c3nc(C)nn23)cc1OC. The molecule has 3 aromatic rings. The highest BCUT2D eigenvalue weighted by molar-refractivity contribution is 6.30. The molecule has 24 heavy (non-hydrogen) atoms. The normalized spacial score (nSPS) is 10.9. The minimum atomic E-state index is 0.407. The first-order valence-electron chi connectivity index (χ1n) is 7.37. The Kier molecular flexibility index (Phi) is 4.44. The van der Waals surface area contributed by atoms with Crippen molar-refractivity contribution in [3.8, 4) is 11.5 Å². The van der Waals surface area contributed by atoms with Gasteiger partial charge in [-0.25, -0.2) is 9.97 Å². The third kappa shape index (κ3) is 2.94. The average molecular weight is 348 g/mol. The quantitative estimate of drug-likeness (QED) is 0.715. The van der Waals surface area contributed by atoms with Gasteiger partial charge in [-0.2, -0.15) is 4.52 Å². The lowest BCUT2D eigenvalue weighted by Gasteiger charge is -2.12. The summed E-state index contributed by atoms with van der Waals surface area (Å²) in [5.41, 5.74) is 2.51. The lowest BCUT2D eigenvalue weighted by atomic mass is 10.2. The number of ether oxygens (including phenoxy) is 2. The zero-order valence-electron chi connectivity index (χ0n) is 13.9. The van der Waals surface area contributed by atoms with E-state index in [1.807, 2.05) is 32.0 Å². The minimum Gasteiger partial charge on any atom is -0.493 e. The van der Waals surface area contributed by atoms with Crippen molar-refractivity contribution in [2.45, 2.75) is 20.4 Å². The van der Waals surface area contributed by atoms with Crippen LogP contribution < -0.4 is 14.8 Å². The minimum absolute atomic E-state index is 0.407. The predicted octanol–water partition coefficient (Wildman–Crippen LogP) is 3.02. The molecule has 0 spiro atoms. The van der Waals surface area contributed by atoms with E-state index in [9.17, 15) is 0 Å². The van der Waals surface area contributed by atoms with Crippen LogP contribution in [-0.4, -0.2) is 33.8 Å². The fraction of sp³-hybridized carbons (Fsp3) is 0.312. The molecule has 0 aliphatic rings. The molecule has 0 radical (unpaired) electrons. The largest absolute Gasteiger partial charge is 0.493 e. The van der Waals surface area contributed by atoms with Crippen LogP contribution in [0.2, 0.25) is 5.15 Å². The average Bonchev–Trinajstić information content (AvgIpc) is 2.98. The molecule has 3 rings (SSSR count). The van der Waals surface area contributed by atoms with Crippen LogP contribution in [0, 0.1) is 13.8 Å². The highest BCUT2D eigenvalue weighted by Crippen LogP contribution is 2.28. The molecule has 0 aliphatic heterocycles. The topological polar surface area (TPSA) is 73.6 Å². The van der Waals surface area contributed by atoms with Gasteiger partial charge in [0.05, 0.1) is 14.2 Å². The molecule has 1 N–H and O–H groups in total. The number of fused-ring (bicyclic) bond motifs is 1. The number of halogens is 1. The van der Waals surface area contributed by atoms with Crippen molar-refractivity contribution in [1.29, 1.82) is 0 Å². The van der Waals surface area contributed by atoms with Gasteiger partial charge in [0.2, 0.25) is 5.95 Å². The van der Waals surface area contributed by atoms with E-state index in [0.29, 0.717) is 40.6 Å². The van der Waals surface area contributed by atoms with Gasteiger partial charge in [-0.05, 0) is 31.5 Å². The summed E-state index contributed by atoms with van der Waals surface area (Å²) < 4.78 is 12.2. The number of benzene rings is 1. The van der Waals surface area contributed by atoms with Crippen molar-refractivity contribution in [1.82, 2.24) is 19.6 Å². The number of nitrogens with one attached hydrogen (secondary N) is 1. The van der Waals surface area contributed by atoms with E-state index in [1.165, 1.54) is 0 Å². The first kappa shape index (κ1) is 16.3. The van der Waals surface area contributed by atoms with Crippen LogP contribution in [0.25, 0.3) is 5.65 Å². The van der Waals surface area contributed by atoms with Gasteiger partial charge in [0.25, 0.3) is 0 Å². The Morgan fingerprint density at radius 2 is 1.88 bits per heavy atom. The Balaban J connectivity index is 1.90. The first-order chi connectivity index (χ1) is 11.5. The Labute approximate surface area is 144 Å². The Hall–Kier alpha value is -2.54. The number of aryl methyl sites for hydroxylation is 2. The molecule has 0 saturated carbocycles. The molecule has 126 valence electrons. The van der Waals surface area contributed by atoms with Crippen molar-refractivity contribution in [3.63, 3.8) is 0 Å². The van der Waals surface area contributed by atoms with Gasteiger partial charge >= 0.3 is 0 Å². The van der Waals surface area contributed by atoms with E-state index in [-0.39, 0.29) is 0 Å². The lowest BCUT2D eigenvalue weighted by molar-refractivity contribution is 0.354. The van der Waals surface area contributed by atoms with Crippen molar-refractivity contribution in [2.75, 3.05) is 19.5 Å². The first-order valence-corrected chi connectivity index (χ1v) is 7.75. The summed E-state index contributed by atoms with van der Waals surface area (Å²) >= 11 is 6.20. The number of methoxy groups -OCH3 is 2. The van der Waals surface area contributed by atoms with Crippen LogP contribution in [-0.2, 0) is 6.54 Å². The number of rotatable bonds is 5. The van der Waals surface area contributed by atoms with Crippen LogP contribution in [0.4, 0.5) is 5.95 Å². The lowest BCUT2D eigenvalue weighted by Crippen LogP contribution is -2.09. The Morgan fingerprint density at radius 3 is 2.58 bits per heavy atom. The summed E-state index contributed by atoms with van der Waals surface area (Å²) in [5, 5.41) is 8.02. The van der Waals surface area contributed by atoms with Crippen LogP contribution >= 0.6 is 11.6 Å². The van der Waals surface area contributed by atoms with Gasteiger partial charge in [-0.3, -0.25) is 0 Å². The smallest absolute Gasteiger partial charge is 0.227 e. The number of hydrogen-bond acceptors (Lipinski definition) is 6. The maximum absolute atomic E-state index is 6.20. The van der Waals surface area contributed by atoms with Crippen molar-refractivity contribution < 1.29 is 9.47 Å². The third-order valence-corrected chi connectivity index (χ3v) is 4.03. The highest BCUT2D eigenvalue weighted by atomic mass is 35.5. The second-order valence-electron chi connectivity index (χ2n) is 5.29. The summed E-state index contributed by atoms with van der Waals surface area (Å²) in [5.74, 6) is 2.56. The van der Waals surface area contributed by atoms with E-state index in [4.69, 9.17) is 21.1 Å². The molecular formula is C16H18ClN5O2. The molecule has 0 aliphatic carbocycles. The van der Waals surface area contributed by atoms with Gasteiger partial charge in [-0.15, -0.1) is 5.10 Å². The van der Waals surface area contributed by atoms with Crippen molar-refractivity contribution >= 4 is 23.2 Å². The van der Waals surface area contributed by atoms with E-state index in [0.717, 1.165) is 11.1 Å². The molecule has 0 fully saturated rings. The van der Waals surface area contributed by atoms with E-state index < -0.39 is 0 Å². The molecule has 2 aromatic heterocycles. The van der Waals surface area contributed by atoms with Gasteiger partial charge in [0, 0.05) is 12.1 Å². The molecule has 1 aromatic carbocycles. The van der Waals surface area contributed by atoms with Crippen molar-refractivity contribution in [2.24, 2.45) is 0 Å². The summed E-state index contributed by atoms with van der Waals surface area (Å²) in [6, 6.07) is 5.72. The molecule has 0 saturated heterocycles. The maximum atomic E-state index is 6.20. The monoisotopic (exact) mass is 347 g/mol. The van der Waals surface area contributed by atoms with Crippen LogP contribution in [0.1, 0.15) is 17.0 Å². The fourth-order valence-corrected chi connectivity index (χ4v) is 2.57. The second kappa shape index (κ2) is 6.52. The van der Waals surface area contributed by atoms with Crippen molar-refractivity contribution in [3.05, 3.63) is 40.3 Å². The third-order valence-electron chi connectivity index (χ3n) is 3.66. The molecule has 0 bridgehead atoms. The molecule has 7 nitrogen and oxygen atoms in total. The number of anilines is 1. The zero-order valence-corrected chi connectivity index (χ0v) is 14.7. The fourth-order valence-electron chi connectivity index (χ4n) is 2.41. The van der Waals surface area contributed by atoms with E-state index >= 15 is 0 Å². The van der Waals surface area contributed by atoms with E-state index in [1.54, 1.807) is 18.7 Å². The van der Waals surface area contributed by atoms with Gasteiger partial charge in [-0.1, -0.05) is 17.7 Å². The molecule has 8 heteroatoms. The van der Waals surface area contributed by atoms with Gasteiger partial charge in [0.1, 0.15) is 11.0 Å². The van der Waals surface area contributed by atoms with Crippen LogP contribution in [0.15, 0.2) is 18.2 Å². The second-order valence-corrected chi connectivity index (χ2v) is 5.65. The summed E-state index contributed by atoms with van der Waals surface area (Å²) in [7, 11) is 3.22.